The number of nitrogen functional groups attached to an aromatic ring is 1. The van der Waals surface area contributed by atoms with Crippen LogP contribution in [0.15, 0.2) is 49.4 Å². The summed E-state index contributed by atoms with van der Waals surface area (Å²) < 4.78 is 10.7. The summed E-state index contributed by atoms with van der Waals surface area (Å²) in [6, 6.07) is 7.77. The molecule has 2 aromatic heterocycles. The van der Waals surface area contributed by atoms with E-state index in [0.29, 0.717) is 21.1 Å². The van der Waals surface area contributed by atoms with E-state index >= 15 is 0 Å². The Kier molecular flexibility index (Phi) is 7.25. The van der Waals surface area contributed by atoms with Gasteiger partial charge in [0, 0.05) is 5.02 Å². The lowest BCUT2D eigenvalue weighted by atomic mass is 10.3. The van der Waals surface area contributed by atoms with E-state index < -0.39 is 11.5 Å². The molecule has 0 unspecified atom stereocenters. The van der Waals surface area contributed by atoms with Crippen LogP contribution in [-0.4, -0.2) is 34.6 Å². The summed E-state index contributed by atoms with van der Waals surface area (Å²) in [5.74, 6) is -0.904. The molecule has 0 aliphatic heterocycles. The first kappa shape index (κ1) is 22.7. The number of hydrogen-bond donors (Lipinski definition) is 4. The fourth-order valence-electron chi connectivity index (χ4n) is 2.37. The lowest BCUT2D eigenvalue weighted by Gasteiger charge is -2.10. The summed E-state index contributed by atoms with van der Waals surface area (Å²) in [5.41, 5.74) is 5.31. The van der Waals surface area contributed by atoms with Crippen molar-refractivity contribution in [3.63, 3.8) is 0 Å². The standard InChI is InChI=1S/C18H15BrClN5O5S/c1-29-10-3-2-8(20)6-9(10)22-13(26)7-31-18-24-15(21)14(17(28)25-18)23-16(27)11-4-5-12(19)30-11/h2-6H,7H2,1H3,(H,22,26)(H,23,27)(H3,21,24,25,28). The molecule has 0 bridgehead atoms. The van der Waals surface area contributed by atoms with E-state index in [2.05, 4.69) is 36.5 Å². The van der Waals surface area contributed by atoms with Crippen LogP contribution in [0.2, 0.25) is 5.02 Å². The Morgan fingerprint density at radius 1 is 1.32 bits per heavy atom. The van der Waals surface area contributed by atoms with Crippen LogP contribution in [0.5, 0.6) is 5.75 Å². The van der Waals surface area contributed by atoms with E-state index in [1.165, 1.54) is 19.2 Å². The first-order valence-electron chi connectivity index (χ1n) is 8.49. The monoisotopic (exact) mass is 527 g/mol. The SMILES string of the molecule is COc1ccc(Cl)cc1NC(=O)CSc1nc(N)c(NC(=O)c2ccc(Br)o2)c(=O)[nH]1. The minimum absolute atomic E-state index is 0.0164. The number of aromatic nitrogens is 2. The third-order valence-electron chi connectivity index (χ3n) is 3.74. The lowest BCUT2D eigenvalue weighted by Crippen LogP contribution is -2.23. The van der Waals surface area contributed by atoms with Crippen LogP contribution in [0.3, 0.4) is 0 Å². The topological polar surface area (TPSA) is 152 Å². The highest BCUT2D eigenvalue weighted by Gasteiger charge is 2.17. The minimum atomic E-state index is -0.675. The number of furan rings is 1. The van der Waals surface area contributed by atoms with Gasteiger partial charge >= 0.3 is 0 Å². The van der Waals surface area contributed by atoms with Crippen molar-refractivity contribution in [3.05, 3.63) is 56.1 Å². The highest BCUT2D eigenvalue weighted by Crippen LogP contribution is 2.28. The highest BCUT2D eigenvalue weighted by atomic mass is 79.9. The molecule has 13 heteroatoms. The zero-order valence-electron chi connectivity index (χ0n) is 15.8. The molecule has 0 saturated carbocycles. The number of nitrogens with zero attached hydrogens (tertiary/aromatic N) is 1. The maximum Gasteiger partial charge on any atom is 0.291 e. The number of carbonyl (C=O) groups is 2. The van der Waals surface area contributed by atoms with Gasteiger partial charge < -0.3 is 25.5 Å². The lowest BCUT2D eigenvalue weighted by molar-refractivity contribution is -0.113. The number of ether oxygens (including phenoxy) is 1. The third-order valence-corrected chi connectivity index (χ3v) is 5.27. The molecule has 2 amide bonds. The predicted octanol–water partition coefficient (Wildman–Crippen LogP) is 3.35. The fraction of sp³-hybridized carbons (Fsp3) is 0.111. The molecule has 0 atom stereocenters. The van der Waals surface area contributed by atoms with E-state index in [4.69, 9.17) is 26.5 Å². The van der Waals surface area contributed by atoms with Gasteiger partial charge in [0.1, 0.15) is 5.75 Å². The maximum absolute atomic E-state index is 12.3. The van der Waals surface area contributed by atoms with E-state index in [1.54, 1.807) is 18.2 Å². The van der Waals surface area contributed by atoms with Gasteiger partial charge in [0.25, 0.3) is 11.5 Å². The van der Waals surface area contributed by atoms with Crippen molar-refractivity contribution in [2.45, 2.75) is 5.16 Å². The largest absolute Gasteiger partial charge is 0.495 e. The molecule has 0 radical (unpaired) electrons. The van der Waals surface area contributed by atoms with Gasteiger partial charge in [0.05, 0.1) is 18.6 Å². The van der Waals surface area contributed by atoms with Gasteiger partial charge in [-0.15, -0.1) is 0 Å². The number of carbonyl (C=O) groups excluding carboxylic acids is 2. The van der Waals surface area contributed by atoms with Crippen LogP contribution >= 0.6 is 39.3 Å². The first-order valence-corrected chi connectivity index (χ1v) is 10.6. The van der Waals surface area contributed by atoms with Gasteiger partial charge in [0.2, 0.25) is 5.91 Å². The number of nitrogens with two attached hydrogens (primary N) is 1. The predicted molar refractivity (Wildman–Crippen MR) is 121 cm³/mol. The molecule has 5 N–H and O–H groups in total. The smallest absolute Gasteiger partial charge is 0.291 e. The van der Waals surface area contributed by atoms with E-state index in [-0.39, 0.29) is 34.1 Å². The van der Waals surface area contributed by atoms with Crippen LogP contribution < -0.4 is 26.7 Å². The molecule has 3 rings (SSSR count). The van der Waals surface area contributed by atoms with Crippen LogP contribution in [0, 0.1) is 0 Å². The molecule has 1 aromatic carbocycles. The van der Waals surface area contributed by atoms with Crippen LogP contribution in [0.25, 0.3) is 0 Å². The van der Waals surface area contributed by atoms with Crippen molar-refractivity contribution >= 4 is 68.3 Å². The van der Waals surface area contributed by atoms with Crippen LogP contribution in [0.4, 0.5) is 17.2 Å². The molecule has 162 valence electrons. The second-order valence-corrected chi connectivity index (χ2v) is 8.05. The Morgan fingerprint density at radius 2 is 2.10 bits per heavy atom. The minimum Gasteiger partial charge on any atom is -0.495 e. The van der Waals surface area contributed by atoms with Gasteiger partial charge in [-0.3, -0.25) is 19.4 Å². The number of thioether (sulfide) groups is 1. The highest BCUT2D eigenvalue weighted by molar-refractivity contribution is 9.10. The average molecular weight is 529 g/mol. The number of nitrogens with one attached hydrogen (secondary N) is 3. The summed E-state index contributed by atoms with van der Waals surface area (Å²) >= 11 is 9.98. The summed E-state index contributed by atoms with van der Waals surface area (Å²) in [4.78, 5) is 43.2. The second kappa shape index (κ2) is 9.90. The number of benzene rings is 1. The van der Waals surface area contributed by atoms with Crippen molar-refractivity contribution in [1.29, 1.82) is 0 Å². The van der Waals surface area contributed by atoms with Crippen molar-refractivity contribution < 1.29 is 18.7 Å². The molecule has 10 nitrogen and oxygen atoms in total. The molecule has 31 heavy (non-hydrogen) atoms. The molecule has 3 aromatic rings. The molecular formula is C18H15BrClN5O5S. The second-order valence-electron chi connectivity index (χ2n) is 5.87. The zero-order valence-corrected chi connectivity index (χ0v) is 19.0. The van der Waals surface area contributed by atoms with Crippen LogP contribution in [0.1, 0.15) is 10.6 Å². The summed E-state index contributed by atoms with van der Waals surface area (Å²) in [6.07, 6.45) is 0. The molecular weight excluding hydrogens is 514 g/mol. The molecule has 2 heterocycles. The van der Waals surface area contributed by atoms with Crippen LogP contribution in [-0.2, 0) is 4.79 Å². The quantitative estimate of drug-likeness (QED) is 0.269. The molecule has 0 saturated heterocycles. The van der Waals surface area contributed by atoms with Gasteiger partial charge in [-0.05, 0) is 46.3 Å². The number of halogens is 2. The number of aromatic amines is 1. The Labute approximate surface area is 193 Å². The fourth-order valence-corrected chi connectivity index (χ4v) is 3.51. The van der Waals surface area contributed by atoms with Crippen molar-refractivity contribution in [1.82, 2.24) is 9.97 Å². The van der Waals surface area contributed by atoms with Crippen molar-refractivity contribution in [2.75, 3.05) is 29.2 Å². The summed E-state index contributed by atoms with van der Waals surface area (Å²) in [7, 11) is 1.47. The van der Waals surface area contributed by atoms with Crippen molar-refractivity contribution in [3.8, 4) is 5.75 Å². The first-order chi connectivity index (χ1) is 14.8. The Hall–Kier alpha value is -2.96. The van der Waals surface area contributed by atoms with Crippen molar-refractivity contribution in [2.24, 2.45) is 0 Å². The molecule has 0 fully saturated rings. The maximum atomic E-state index is 12.3. The normalized spacial score (nSPS) is 10.5. The Morgan fingerprint density at radius 3 is 2.74 bits per heavy atom. The summed E-state index contributed by atoms with van der Waals surface area (Å²) in [6.45, 7) is 0. The number of amides is 2. The number of hydrogen-bond acceptors (Lipinski definition) is 8. The third kappa shape index (κ3) is 5.81. The van der Waals surface area contributed by atoms with E-state index in [0.717, 1.165) is 11.8 Å². The number of H-pyrrole nitrogens is 1. The summed E-state index contributed by atoms with van der Waals surface area (Å²) in [5, 5.41) is 5.56. The van der Waals surface area contributed by atoms with Gasteiger partial charge in [-0.1, -0.05) is 23.4 Å². The molecule has 0 aliphatic rings. The van der Waals surface area contributed by atoms with Gasteiger partial charge in [-0.2, -0.15) is 0 Å². The number of rotatable bonds is 7. The van der Waals surface area contributed by atoms with Gasteiger partial charge in [0.15, 0.2) is 27.1 Å². The van der Waals surface area contributed by atoms with E-state index in [1.807, 2.05) is 0 Å². The number of anilines is 3. The number of methoxy groups -OCH3 is 1. The Bertz CT molecular complexity index is 1200. The average Bonchev–Trinajstić information content (AvgIpc) is 3.16. The van der Waals surface area contributed by atoms with E-state index in [9.17, 15) is 14.4 Å². The molecule has 0 aliphatic carbocycles. The van der Waals surface area contributed by atoms with Gasteiger partial charge in [-0.25, -0.2) is 4.98 Å². The zero-order chi connectivity index (χ0) is 22.5. The Balaban J connectivity index is 1.65. The molecule has 0 spiro atoms.